The van der Waals surface area contributed by atoms with Crippen LogP contribution in [0.1, 0.15) is 91.1 Å². The van der Waals surface area contributed by atoms with E-state index in [0.717, 1.165) is 5.56 Å². The monoisotopic (exact) mass is 720 g/mol. The Hall–Kier alpha value is -5.23. The smallest absolute Gasteiger partial charge is 0.537 e. The topological polar surface area (TPSA) is 158 Å². The van der Waals surface area contributed by atoms with E-state index in [-0.39, 0.29) is 50.6 Å². The quantitative estimate of drug-likeness (QED) is 0.0337. The number of allylic oxidation sites excluding steroid dienone is 1. The Morgan fingerprint density at radius 3 is 2.09 bits per heavy atom. The molecule has 4 aromatic rings. The minimum atomic E-state index is -1.65. The molecule has 0 saturated carbocycles. The summed E-state index contributed by atoms with van der Waals surface area (Å²) in [5, 5.41) is 31.5. The zero-order valence-electron chi connectivity index (χ0n) is 29.3. The number of carbonyl (C=O) groups is 4. The van der Waals surface area contributed by atoms with Gasteiger partial charge in [-0.25, -0.2) is 0 Å². The number of ketones is 3. The normalized spacial score (nSPS) is 11.1. The Kier molecular flexibility index (Phi) is 17.0. The SMILES string of the molecule is C.C=C(C)C(=O)CCCCCC(=O)C(CCC(=O)c1ccc[n+](Cc2ccccc2O[B]O)c1)NC(=O)c1ccc[n+](Cc2ccccc2B(O)O)c1. The van der Waals surface area contributed by atoms with Crippen LogP contribution in [-0.4, -0.2) is 59.2 Å². The van der Waals surface area contributed by atoms with Crippen LogP contribution in [0.15, 0.2) is 110 Å². The molecular formula is C40H48B2N3O8+2. The fraction of sp³-hybridized carbons (Fsp3) is 0.300. The largest absolute Gasteiger partial charge is 0.569 e. The third-order valence-electron chi connectivity index (χ3n) is 8.65. The van der Waals surface area contributed by atoms with E-state index >= 15 is 0 Å². The second kappa shape index (κ2) is 21.3. The average molecular weight is 720 g/mol. The predicted molar refractivity (Wildman–Crippen MR) is 202 cm³/mol. The number of hydrogen-bond acceptors (Lipinski definition) is 8. The van der Waals surface area contributed by atoms with E-state index < -0.39 is 19.1 Å². The summed E-state index contributed by atoms with van der Waals surface area (Å²) in [4.78, 5) is 52.4. The van der Waals surface area contributed by atoms with Crippen molar-refractivity contribution in [3.05, 3.63) is 132 Å². The van der Waals surface area contributed by atoms with Gasteiger partial charge in [0, 0.05) is 37.0 Å². The Morgan fingerprint density at radius 2 is 1.42 bits per heavy atom. The van der Waals surface area contributed by atoms with Crippen LogP contribution in [-0.2, 0) is 22.7 Å². The zero-order valence-corrected chi connectivity index (χ0v) is 29.3. The molecule has 0 aliphatic heterocycles. The first-order chi connectivity index (χ1) is 25.0. The van der Waals surface area contributed by atoms with Crippen LogP contribution in [0, 0.1) is 0 Å². The molecule has 11 nitrogen and oxygen atoms in total. The Morgan fingerprint density at radius 1 is 0.811 bits per heavy atom. The highest BCUT2D eigenvalue weighted by molar-refractivity contribution is 6.59. The molecule has 1 atom stereocenters. The maximum absolute atomic E-state index is 13.5. The van der Waals surface area contributed by atoms with Crippen molar-refractivity contribution in [1.29, 1.82) is 0 Å². The summed E-state index contributed by atoms with van der Waals surface area (Å²) in [7, 11) is -1.03. The van der Waals surface area contributed by atoms with Crippen molar-refractivity contribution in [1.82, 2.24) is 5.32 Å². The molecule has 2 aromatic carbocycles. The van der Waals surface area contributed by atoms with Gasteiger partial charge in [0.15, 0.2) is 55.2 Å². The van der Waals surface area contributed by atoms with Crippen molar-refractivity contribution >= 4 is 43.5 Å². The van der Waals surface area contributed by atoms with E-state index in [2.05, 4.69) is 11.9 Å². The molecule has 13 heteroatoms. The molecule has 275 valence electrons. The molecule has 0 aliphatic rings. The van der Waals surface area contributed by atoms with Crippen molar-refractivity contribution in [2.45, 2.75) is 78.4 Å². The Bertz CT molecular complexity index is 1880. The maximum atomic E-state index is 13.5. The lowest BCUT2D eigenvalue weighted by atomic mass is 9.77. The summed E-state index contributed by atoms with van der Waals surface area (Å²) in [5.41, 5.74) is 3.04. The molecule has 4 rings (SSSR count). The van der Waals surface area contributed by atoms with Gasteiger partial charge in [0.25, 0.3) is 5.91 Å². The van der Waals surface area contributed by atoms with Gasteiger partial charge in [-0.05, 0) is 61.5 Å². The summed E-state index contributed by atoms with van der Waals surface area (Å²) < 4.78 is 8.75. The van der Waals surface area contributed by atoms with E-state index in [1.165, 1.54) is 0 Å². The van der Waals surface area contributed by atoms with E-state index in [4.69, 9.17) is 9.68 Å². The lowest BCUT2D eigenvalue weighted by Crippen LogP contribution is -2.43. The number of aromatic nitrogens is 2. The molecule has 53 heavy (non-hydrogen) atoms. The second-order valence-corrected chi connectivity index (χ2v) is 12.7. The highest BCUT2D eigenvalue weighted by Crippen LogP contribution is 2.17. The van der Waals surface area contributed by atoms with E-state index in [1.54, 1.807) is 90.7 Å². The van der Waals surface area contributed by atoms with Crippen LogP contribution in [0.25, 0.3) is 0 Å². The van der Waals surface area contributed by atoms with Gasteiger partial charge in [0.05, 0.1) is 17.2 Å². The molecule has 2 heterocycles. The van der Waals surface area contributed by atoms with Crippen molar-refractivity contribution in [2.24, 2.45) is 0 Å². The fourth-order valence-corrected chi connectivity index (χ4v) is 5.79. The minimum absolute atomic E-state index is 0. The number of benzene rings is 2. The van der Waals surface area contributed by atoms with Crippen molar-refractivity contribution in [3.8, 4) is 5.75 Å². The van der Waals surface area contributed by atoms with Crippen LogP contribution >= 0.6 is 0 Å². The Balaban J connectivity index is 0.00000756. The second-order valence-electron chi connectivity index (χ2n) is 12.7. The number of Topliss-reactive ketones (excluding diaryl/α,β-unsaturated/α-hetero) is 3. The number of pyridine rings is 2. The number of para-hydroxylation sites is 1. The summed E-state index contributed by atoms with van der Waals surface area (Å²) in [6, 6.07) is 19.9. The molecule has 0 spiro atoms. The van der Waals surface area contributed by atoms with E-state index in [1.807, 2.05) is 22.9 Å². The molecule has 1 amide bonds. The first-order valence-electron chi connectivity index (χ1n) is 17.2. The van der Waals surface area contributed by atoms with Crippen molar-refractivity contribution in [2.75, 3.05) is 0 Å². The predicted octanol–water partition coefficient (Wildman–Crippen LogP) is 3.01. The third kappa shape index (κ3) is 13.0. The van der Waals surface area contributed by atoms with Gasteiger partial charge in [-0.2, -0.15) is 9.13 Å². The number of carbonyl (C=O) groups excluding carboxylic acids is 4. The van der Waals surface area contributed by atoms with Gasteiger partial charge in [-0.1, -0.05) is 56.8 Å². The van der Waals surface area contributed by atoms with Crippen LogP contribution in [0.5, 0.6) is 5.75 Å². The number of nitrogens with zero attached hydrogens (tertiary/aromatic N) is 2. The number of nitrogens with one attached hydrogen (secondary N) is 1. The molecule has 1 unspecified atom stereocenters. The first kappa shape index (κ1) is 42.2. The lowest BCUT2D eigenvalue weighted by molar-refractivity contribution is -0.688. The highest BCUT2D eigenvalue weighted by atomic mass is 16.5. The van der Waals surface area contributed by atoms with Gasteiger partial charge in [0.1, 0.15) is 11.3 Å². The molecule has 2 aromatic heterocycles. The number of amides is 1. The molecule has 1 radical (unpaired) electrons. The average Bonchev–Trinajstić information content (AvgIpc) is 3.14. The first-order valence-corrected chi connectivity index (χ1v) is 17.2. The van der Waals surface area contributed by atoms with E-state index in [0.29, 0.717) is 73.4 Å². The standard InChI is InChI=1S/C39H43B2N3O8.CH4/c1-28(2)35(45)17-4-3-5-18-37(47)34(42-39(48)32-15-11-23-43(27-32)24-29-12-6-8-16-33(29)41(50)51)20-21-36(46)30-14-10-22-44(25-30)26-31-13-7-9-19-38(31)52-40-49;/h6-16,19,22-23,25,27,34,49-51H,1,3-5,17-18,20-21,24,26H2,2H3;1H4/q+1;/p+1. The van der Waals surface area contributed by atoms with Gasteiger partial charge >= 0.3 is 14.8 Å². The van der Waals surface area contributed by atoms with Crippen molar-refractivity contribution in [3.63, 3.8) is 0 Å². The molecule has 0 aliphatic carbocycles. The van der Waals surface area contributed by atoms with Crippen LogP contribution in [0.3, 0.4) is 0 Å². The fourth-order valence-electron chi connectivity index (χ4n) is 5.79. The lowest BCUT2D eigenvalue weighted by Gasteiger charge is -2.17. The van der Waals surface area contributed by atoms with Crippen LogP contribution < -0.4 is 24.6 Å². The van der Waals surface area contributed by atoms with Gasteiger partial charge < -0.3 is 25.0 Å². The zero-order chi connectivity index (χ0) is 37.5. The maximum Gasteiger partial charge on any atom is 0.569 e. The number of rotatable bonds is 21. The van der Waals surface area contributed by atoms with Crippen molar-refractivity contribution < 1.29 is 48.0 Å². The molecule has 0 saturated heterocycles. The summed E-state index contributed by atoms with van der Waals surface area (Å²) in [6.07, 6.45) is 9.32. The summed E-state index contributed by atoms with van der Waals surface area (Å²) >= 11 is 0. The van der Waals surface area contributed by atoms with E-state index in [9.17, 15) is 29.2 Å². The molecule has 4 N–H and O–H groups in total. The number of hydrogen-bond donors (Lipinski definition) is 4. The summed E-state index contributed by atoms with van der Waals surface area (Å²) in [6.45, 7) is 6.00. The van der Waals surface area contributed by atoms with Gasteiger partial charge in [-0.3, -0.25) is 19.2 Å². The van der Waals surface area contributed by atoms with Gasteiger partial charge in [-0.15, -0.1) is 0 Å². The molecule has 0 fully saturated rings. The minimum Gasteiger partial charge on any atom is -0.537 e. The van der Waals surface area contributed by atoms with Gasteiger partial charge in [0.2, 0.25) is 0 Å². The summed E-state index contributed by atoms with van der Waals surface area (Å²) in [5.74, 6) is -0.417. The Labute approximate surface area is 312 Å². The van der Waals surface area contributed by atoms with Crippen LogP contribution in [0.2, 0.25) is 0 Å². The molecule has 0 bridgehead atoms. The van der Waals surface area contributed by atoms with Crippen LogP contribution in [0.4, 0.5) is 0 Å². The highest BCUT2D eigenvalue weighted by Gasteiger charge is 2.25. The molecular weight excluding hydrogens is 672 g/mol. The third-order valence-corrected chi connectivity index (χ3v) is 8.65. The number of unbranched alkanes of at least 4 members (excludes halogenated alkanes) is 2.